The van der Waals surface area contributed by atoms with Crippen molar-refractivity contribution in [2.45, 2.75) is 44.2 Å². The summed E-state index contributed by atoms with van der Waals surface area (Å²) in [6.45, 7) is 7.92. The van der Waals surface area contributed by atoms with Gasteiger partial charge in [-0.2, -0.15) is 0 Å². The monoisotopic (exact) mass is 367 g/mol. The van der Waals surface area contributed by atoms with Crippen LogP contribution in [0.15, 0.2) is 35.4 Å². The van der Waals surface area contributed by atoms with Crippen LogP contribution in [-0.2, 0) is 28.5 Å². The summed E-state index contributed by atoms with van der Waals surface area (Å²) in [6.07, 6.45) is 1.92. The number of thiazole rings is 1. The van der Waals surface area contributed by atoms with E-state index in [1.807, 2.05) is 18.3 Å². The van der Waals surface area contributed by atoms with E-state index in [4.69, 9.17) is 0 Å². The number of hydrogen-bond acceptors (Lipinski definition) is 5. The van der Waals surface area contributed by atoms with Gasteiger partial charge in [0.05, 0.1) is 9.90 Å². The molecule has 0 radical (unpaired) electrons. The Balaban J connectivity index is 1.93. The molecule has 0 saturated carbocycles. The second-order valence-electron chi connectivity index (χ2n) is 6.92. The molecule has 1 aromatic heterocycles. The number of sulfonamides is 1. The van der Waals surface area contributed by atoms with Crippen LogP contribution < -0.4 is 5.32 Å². The molecule has 2 rings (SSSR count). The number of nitrogens with zero attached hydrogens (tertiary/aromatic N) is 2. The Morgan fingerprint density at radius 1 is 1.12 bits per heavy atom. The highest BCUT2D eigenvalue weighted by Crippen LogP contribution is 2.26. The van der Waals surface area contributed by atoms with Crippen molar-refractivity contribution < 1.29 is 8.42 Å². The van der Waals surface area contributed by atoms with Gasteiger partial charge in [0.15, 0.2) is 0 Å². The van der Waals surface area contributed by atoms with Gasteiger partial charge in [0.1, 0.15) is 0 Å². The zero-order chi connectivity index (χ0) is 18.0. The van der Waals surface area contributed by atoms with E-state index < -0.39 is 10.0 Å². The predicted octanol–water partition coefficient (Wildman–Crippen LogP) is 2.98. The van der Waals surface area contributed by atoms with Gasteiger partial charge < -0.3 is 5.32 Å². The van der Waals surface area contributed by atoms with Crippen LogP contribution in [0.3, 0.4) is 0 Å². The molecule has 0 atom stereocenters. The summed E-state index contributed by atoms with van der Waals surface area (Å²) < 4.78 is 25.3. The molecule has 1 N–H and O–H groups in total. The first kappa shape index (κ1) is 19.1. The average molecular weight is 368 g/mol. The summed E-state index contributed by atoms with van der Waals surface area (Å²) in [5.41, 5.74) is 1.13. The Morgan fingerprint density at radius 2 is 1.75 bits per heavy atom. The summed E-state index contributed by atoms with van der Waals surface area (Å²) >= 11 is 1.73. The molecule has 0 unspecified atom stereocenters. The summed E-state index contributed by atoms with van der Waals surface area (Å²) in [5.74, 6) is 0. The van der Waals surface area contributed by atoms with Gasteiger partial charge in [-0.25, -0.2) is 17.7 Å². The van der Waals surface area contributed by atoms with Crippen LogP contribution in [0.25, 0.3) is 0 Å². The van der Waals surface area contributed by atoms with E-state index in [0.717, 1.165) is 17.1 Å². The Labute approximate surface area is 148 Å². The van der Waals surface area contributed by atoms with E-state index in [9.17, 15) is 8.42 Å². The lowest BCUT2D eigenvalue weighted by atomic mass is 9.98. The fraction of sp³-hybridized carbons (Fsp3) is 0.471. The van der Waals surface area contributed by atoms with E-state index >= 15 is 0 Å². The first-order chi connectivity index (χ1) is 11.1. The average Bonchev–Trinajstić information content (AvgIpc) is 2.96. The Bertz CT molecular complexity index is 773. The highest BCUT2D eigenvalue weighted by molar-refractivity contribution is 7.89. The number of nitrogens with one attached hydrogen (secondary N) is 1. The molecular formula is C17H25N3O2S2. The number of rotatable bonds is 6. The van der Waals surface area contributed by atoms with Crippen LogP contribution in [0.2, 0.25) is 0 Å². The smallest absolute Gasteiger partial charge is 0.242 e. The highest BCUT2D eigenvalue weighted by atomic mass is 32.2. The maximum atomic E-state index is 12.0. The Kier molecular flexibility index (Phi) is 5.80. The molecule has 1 aromatic carbocycles. The first-order valence-corrected chi connectivity index (χ1v) is 10.0. The third-order valence-corrected chi connectivity index (χ3v) is 6.78. The van der Waals surface area contributed by atoms with Crippen molar-refractivity contribution in [3.63, 3.8) is 0 Å². The van der Waals surface area contributed by atoms with E-state index in [0.29, 0.717) is 11.4 Å². The van der Waals surface area contributed by atoms with Crippen molar-refractivity contribution in [1.29, 1.82) is 0 Å². The van der Waals surface area contributed by atoms with Crippen LogP contribution >= 0.6 is 11.3 Å². The molecule has 7 heteroatoms. The van der Waals surface area contributed by atoms with E-state index in [2.05, 4.69) is 31.1 Å². The molecule has 0 aliphatic carbocycles. The van der Waals surface area contributed by atoms with Gasteiger partial charge in [-0.15, -0.1) is 11.3 Å². The van der Waals surface area contributed by atoms with Crippen molar-refractivity contribution in [3.8, 4) is 0 Å². The summed E-state index contributed by atoms with van der Waals surface area (Å²) in [5, 5.41) is 4.51. The zero-order valence-electron chi connectivity index (χ0n) is 14.8. The molecule has 5 nitrogen and oxygen atoms in total. The molecule has 132 valence electrons. The fourth-order valence-electron chi connectivity index (χ4n) is 2.06. The first-order valence-electron chi connectivity index (χ1n) is 7.78. The molecule has 0 spiro atoms. The van der Waals surface area contributed by atoms with Crippen LogP contribution in [-0.4, -0.2) is 31.8 Å². The summed E-state index contributed by atoms with van der Waals surface area (Å²) in [6, 6.07) is 6.99. The van der Waals surface area contributed by atoms with Crippen LogP contribution in [0, 0.1) is 0 Å². The third kappa shape index (κ3) is 4.63. The molecule has 2 aromatic rings. The molecule has 24 heavy (non-hydrogen) atoms. The van der Waals surface area contributed by atoms with Crippen molar-refractivity contribution >= 4 is 21.4 Å². The molecule has 0 aliphatic heterocycles. The molecular weight excluding hydrogens is 342 g/mol. The normalized spacial score (nSPS) is 12.8. The highest BCUT2D eigenvalue weighted by Gasteiger charge is 2.18. The maximum Gasteiger partial charge on any atom is 0.242 e. The minimum Gasteiger partial charge on any atom is -0.308 e. The Morgan fingerprint density at radius 3 is 2.25 bits per heavy atom. The lowest BCUT2D eigenvalue weighted by Crippen LogP contribution is -2.22. The minimum absolute atomic E-state index is 0.0800. The van der Waals surface area contributed by atoms with Gasteiger partial charge in [-0.1, -0.05) is 32.9 Å². The second kappa shape index (κ2) is 7.31. The molecule has 0 aliphatic rings. The fourth-order valence-corrected chi connectivity index (χ4v) is 3.90. The molecule has 0 bridgehead atoms. The van der Waals surface area contributed by atoms with Crippen molar-refractivity contribution in [3.05, 3.63) is 45.9 Å². The Hall–Kier alpha value is -1.28. The quantitative estimate of drug-likeness (QED) is 0.853. The van der Waals surface area contributed by atoms with Gasteiger partial charge in [-0.05, 0) is 17.7 Å². The minimum atomic E-state index is -3.36. The van der Waals surface area contributed by atoms with E-state index in [-0.39, 0.29) is 5.41 Å². The largest absolute Gasteiger partial charge is 0.308 e. The maximum absolute atomic E-state index is 12.0. The number of aromatic nitrogens is 1. The van der Waals surface area contributed by atoms with Gasteiger partial charge >= 0.3 is 0 Å². The van der Waals surface area contributed by atoms with E-state index in [1.165, 1.54) is 23.3 Å². The van der Waals surface area contributed by atoms with Gasteiger partial charge in [0, 0.05) is 43.7 Å². The molecule has 0 amide bonds. The predicted molar refractivity (Wildman–Crippen MR) is 98.7 cm³/mol. The molecule has 0 fully saturated rings. The lowest BCUT2D eigenvalue weighted by molar-refractivity contribution is 0.520. The summed E-state index contributed by atoms with van der Waals surface area (Å²) in [4.78, 5) is 5.99. The van der Waals surface area contributed by atoms with Crippen LogP contribution in [0.4, 0.5) is 0 Å². The van der Waals surface area contributed by atoms with Crippen molar-refractivity contribution in [2.75, 3.05) is 14.1 Å². The number of benzene rings is 1. The lowest BCUT2D eigenvalue weighted by Gasteiger charge is -2.13. The third-order valence-electron chi connectivity index (χ3n) is 3.53. The molecule has 0 saturated heterocycles. The number of hydrogen-bond donors (Lipinski definition) is 1. The second-order valence-corrected chi connectivity index (χ2v) is 10.2. The standard InChI is InChI=1S/C17H25N3O2S2/c1-17(2,3)16-19-12-14(23-16)11-18-10-13-6-8-15(9-7-13)24(21,22)20(4)5/h6-9,12,18H,10-11H2,1-5H3. The van der Waals surface area contributed by atoms with Crippen LogP contribution in [0.1, 0.15) is 36.2 Å². The SMILES string of the molecule is CN(C)S(=O)(=O)c1ccc(CNCc2cnc(C(C)(C)C)s2)cc1. The van der Waals surface area contributed by atoms with Gasteiger partial charge in [0.2, 0.25) is 10.0 Å². The van der Waals surface area contributed by atoms with Crippen molar-refractivity contribution in [2.24, 2.45) is 0 Å². The van der Waals surface area contributed by atoms with Gasteiger partial charge in [-0.3, -0.25) is 0 Å². The van der Waals surface area contributed by atoms with E-state index in [1.54, 1.807) is 23.5 Å². The van der Waals surface area contributed by atoms with Crippen LogP contribution in [0.5, 0.6) is 0 Å². The molecule has 1 heterocycles. The van der Waals surface area contributed by atoms with Gasteiger partial charge in [0.25, 0.3) is 0 Å². The zero-order valence-corrected chi connectivity index (χ0v) is 16.5. The van der Waals surface area contributed by atoms with Crippen molar-refractivity contribution in [1.82, 2.24) is 14.6 Å². The summed E-state index contributed by atoms with van der Waals surface area (Å²) in [7, 11) is -0.295. The topological polar surface area (TPSA) is 62.3 Å².